The Balaban J connectivity index is 1.72. The fourth-order valence-electron chi connectivity index (χ4n) is 13.2. The van der Waals surface area contributed by atoms with E-state index in [4.69, 9.17) is 42.2 Å². The number of aliphatic hydroxyl groups excluding tert-OH is 10. The lowest BCUT2D eigenvalue weighted by Crippen LogP contribution is -2.69. The number of ether oxygens (including phenoxy) is 7. The van der Waals surface area contributed by atoms with Gasteiger partial charge >= 0.3 is 25.7 Å². The summed E-state index contributed by atoms with van der Waals surface area (Å²) in [6.07, 6.45) is 14.1. The number of phosphoric acid groups is 1. The molecule has 0 aromatic heterocycles. The van der Waals surface area contributed by atoms with Crippen LogP contribution in [0.1, 0.15) is 310 Å². The SMILES string of the molecule is CCCCCC/C=C\CCCCCCCCCC(=O)OCC1OC(OC2C(O)C(O)C(O)C(OC3OC(CO)C(O)C(O)C3O)C2OP(=O)(O)OCC(COC(=O)CCCCCCCCC(C)CCCCCCCC)OC(=O)CCCCCCCCCCCCCCCC)C(O)C(O)C1O. The summed E-state index contributed by atoms with van der Waals surface area (Å²) in [6.45, 7) is 5.79. The van der Waals surface area contributed by atoms with Gasteiger partial charge in [-0.25, -0.2) is 4.57 Å². The number of aliphatic hydroxyl groups is 10. The molecule has 0 bridgehead atoms. The number of allylic oxidation sites excluding steroid dienone is 2. The Morgan fingerprint density at radius 2 is 0.760 bits per heavy atom. The molecule has 0 aromatic carbocycles. The first-order valence-corrected chi connectivity index (χ1v) is 40.9. The van der Waals surface area contributed by atoms with Crippen LogP contribution in [-0.4, -0.2) is 204 Å². The highest BCUT2D eigenvalue weighted by Crippen LogP contribution is 2.49. The highest BCUT2D eigenvalue weighted by molar-refractivity contribution is 7.47. The van der Waals surface area contributed by atoms with Crippen molar-refractivity contribution < 1.29 is 117 Å². The molecule has 0 radical (unpaired) electrons. The second-order valence-electron chi connectivity index (χ2n) is 28.7. The molecule has 0 amide bonds. The van der Waals surface area contributed by atoms with Gasteiger partial charge in [0.05, 0.1) is 13.2 Å². The van der Waals surface area contributed by atoms with Gasteiger partial charge in [0, 0.05) is 19.3 Å². The molecule has 3 fully saturated rings. The van der Waals surface area contributed by atoms with Gasteiger partial charge in [0.2, 0.25) is 0 Å². The summed E-state index contributed by atoms with van der Waals surface area (Å²) in [5, 5.41) is 110. The molecule has 24 nitrogen and oxygen atoms in total. The molecule has 1 aliphatic carbocycles. The molecule has 19 unspecified atom stereocenters. The largest absolute Gasteiger partial charge is 0.472 e. The van der Waals surface area contributed by atoms with Crippen LogP contribution in [0.4, 0.5) is 0 Å². The van der Waals surface area contributed by atoms with Crippen molar-refractivity contribution in [3.05, 3.63) is 12.2 Å². The molecule has 0 spiro atoms. The minimum absolute atomic E-state index is 0.0244. The van der Waals surface area contributed by atoms with Crippen LogP contribution in [0.25, 0.3) is 0 Å². The van der Waals surface area contributed by atoms with E-state index in [1.165, 1.54) is 128 Å². The Morgan fingerprint density at radius 3 is 1.19 bits per heavy atom. The maximum Gasteiger partial charge on any atom is 0.472 e. The number of carbonyl (C=O) groups is 3. The maximum atomic E-state index is 14.4. The van der Waals surface area contributed by atoms with Crippen molar-refractivity contribution in [3.8, 4) is 0 Å². The lowest BCUT2D eigenvalue weighted by Gasteiger charge is -2.49. The average Bonchev–Trinajstić information content (AvgIpc) is 0.764. The van der Waals surface area contributed by atoms with E-state index in [2.05, 4.69) is 39.8 Å². The first-order chi connectivity index (χ1) is 48.2. The third-order valence-corrected chi connectivity index (χ3v) is 20.7. The van der Waals surface area contributed by atoms with Gasteiger partial charge in [-0.15, -0.1) is 0 Å². The number of esters is 3. The van der Waals surface area contributed by atoms with Crippen molar-refractivity contribution in [2.45, 2.75) is 414 Å². The Hall–Kier alpha value is -2.30. The van der Waals surface area contributed by atoms with E-state index in [9.17, 15) is 74.9 Å². The minimum Gasteiger partial charge on any atom is -0.463 e. The van der Waals surface area contributed by atoms with Crippen molar-refractivity contribution in [3.63, 3.8) is 0 Å². The number of phosphoric ester groups is 1. The summed E-state index contributed by atoms with van der Waals surface area (Å²) < 4.78 is 65.2. The van der Waals surface area contributed by atoms with Gasteiger partial charge < -0.3 is 89.1 Å². The molecule has 1 saturated carbocycles. The molecule has 100 heavy (non-hydrogen) atoms. The standard InChI is InChI=1S/C75H139O24P/c1-5-8-11-14-17-19-21-23-25-27-28-30-32-38-44-49-60(78)92-54-58-63(81)65(83)70(88)75(96-58)98-72-68(86)66(84)67(85)71(97-74-69(87)64(82)62(80)57(51-76)95-74)73(72)99-100(89,90)93-53-56(94-61(79)50-45-40-33-31-29-26-24-22-20-18-15-12-9-6-2)52-91-59(77)48-43-39-35-34-37-42-47-55(4)46-41-36-16-13-10-7-3/h19,21,55-58,62-76,80-88H,5-18,20,22-54H2,1-4H3,(H,89,90)/b21-19-. The average molecular weight is 1460 g/mol. The zero-order chi connectivity index (χ0) is 73.3. The topological polar surface area (TPSA) is 374 Å². The summed E-state index contributed by atoms with van der Waals surface area (Å²) in [5.41, 5.74) is 0. The molecule has 11 N–H and O–H groups in total. The number of hydrogen-bond donors (Lipinski definition) is 11. The van der Waals surface area contributed by atoms with Crippen molar-refractivity contribution in [2.24, 2.45) is 5.92 Å². The maximum absolute atomic E-state index is 14.4. The fourth-order valence-corrected chi connectivity index (χ4v) is 14.1. The molecule has 3 rings (SSSR count). The van der Waals surface area contributed by atoms with Crippen LogP contribution >= 0.6 is 7.82 Å². The molecule has 0 aromatic rings. The van der Waals surface area contributed by atoms with Crippen molar-refractivity contribution in [1.29, 1.82) is 0 Å². The molecule has 2 heterocycles. The molecular weight excluding hydrogens is 1320 g/mol. The van der Waals surface area contributed by atoms with E-state index < -0.39 is 156 Å². The van der Waals surface area contributed by atoms with E-state index in [1.807, 2.05) is 0 Å². The van der Waals surface area contributed by atoms with Gasteiger partial charge in [-0.05, 0) is 50.9 Å². The smallest absolute Gasteiger partial charge is 0.463 e. The van der Waals surface area contributed by atoms with E-state index in [1.54, 1.807) is 0 Å². The third-order valence-electron chi connectivity index (χ3n) is 19.7. The van der Waals surface area contributed by atoms with E-state index >= 15 is 0 Å². The summed E-state index contributed by atoms with van der Waals surface area (Å²) in [7, 11) is -5.70. The van der Waals surface area contributed by atoms with Crippen LogP contribution < -0.4 is 0 Å². The number of rotatable bonds is 61. The number of hydrogen-bond acceptors (Lipinski definition) is 23. The molecule has 19 atom stereocenters. The summed E-state index contributed by atoms with van der Waals surface area (Å²) in [4.78, 5) is 51.1. The summed E-state index contributed by atoms with van der Waals surface area (Å²) in [5.74, 6) is -1.29. The van der Waals surface area contributed by atoms with Crippen molar-refractivity contribution >= 4 is 25.7 Å². The normalized spacial score (nSPS) is 27.7. The van der Waals surface area contributed by atoms with Crippen LogP contribution in [0.2, 0.25) is 0 Å². The lowest BCUT2D eigenvalue weighted by atomic mass is 9.84. The Labute approximate surface area is 599 Å². The number of carbonyl (C=O) groups excluding carboxylic acids is 3. The van der Waals surface area contributed by atoms with Gasteiger partial charge in [-0.2, -0.15) is 0 Å². The first-order valence-electron chi connectivity index (χ1n) is 39.4. The first kappa shape index (κ1) is 91.9. The Kier molecular flexibility index (Phi) is 51.5. The van der Waals surface area contributed by atoms with E-state index in [0.717, 1.165) is 116 Å². The summed E-state index contributed by atoms with van der Waals surface area (Å²) in [6, 6.07) is 0. The van der Waals surface area contributed by atoms with Crippen LogP contribution in [0, 0.1) is 5.92 Å². The van der Waals surface area contributed by atoms with Gasteiger partial charge in [-0.3, -0.25) is 23.4 Å². The van der Waals surface area contributed by atoms with Gasteiger partial charge in [0.25, 0.3) is 0 Å². The fraction of sp³-hybridized carbons (Fsp3) is 0.933. The molecular formula is C75H139O24P. The quantitative estimate of drug-likeness (QED) is 0.00886. The van der Waals surface area contributed by atoms with Crippen molar-refractivity contribution in [2.75, 3.05) is 26.4 Å². The molecule has 2 aliphatic heterocycles. The Morgan fingerprint density at radius 1 is 0.410 bits per heavy atom. The molecule has 2 saturated heterocycles. The zero-order valence-corrected chi connectivity index (χ0v) is 62.6. The molecule has 588 valence electrons. The van der Waals surface area contributed by atoms with Gasteiger partial charge in [0.15, 0.2) is 18.7 Å². The van der Waals surface area contributed by atoms with Crippen LogP contribution in [0.5, 0.6) is 0 Å². The van der Waals surface area contributed by atoms with Crippen LogP contribution in [0.3, 0.4) is 0 Å². The van der Waals surface area contributed by atoms with Crippen LogP contribution in [0.15, 0.2) is 12.2 Å². The number of unbranched alkanes of at least 4 members (excludes halogenated alkanes) is 34. The second kappa shape index (κ2) is 56.1. The second-order valence-corrected chi connectivity index (χ2v) is 30.1. The molecule has 25 heteroatoms. The summed E-state index contributed by atoms with van der Waals surface area (Å²) >= 11 is 0. The van der Waals surface area contributed by atoms with Crippen LogP contribution in [-0.2, 0) is 61.2 Å². The highest BCUT2D eigenvalue weighted by Gasteiger charge is 2.58. The zero-order valence-electron chi connectivity index (χ0n) is 61.7. The van der Waals surface area contributed by atoms with Gasteiger partial charge in [-0.1, -0.05) is 258 Å². The van der Waals surface area contributed by atoms with E-state index in [0.29, 0.717) is 25.2 Å². The monoisotopic (exact) mass is 1450 g/mol. The highest BCUT2D eigenvalue weighted by atomic mass is 31.2. The van der Waals surface area contributed by atoms with E-state index in [-0.39, 0.29) is 19.3 Å². The Bertz CT molecular complexity index is 2130. The lowest BCUT2D eigenvalue weighted by molar-refractivity contribution is -0.360. The molecule has 3 aliphatic rings. The third kappa shape index (κ3) is 38.8. The van der Waals surface area contributed by atoms with Crippen molar-refractivity contribution in [1.82, 2.24) is 0 Å². The minimum atomic E-state index is -5.70. The van der Waals surface area contributed by atoms with Gasteiger partial charge in [0.1, 0.15) is 98.7 Å². The predicted octanol–water partition coefficient (Wildman–Crippen LogP) is 11.4. The predicted molar refractivity (Wildman–Crippen MR) is 379 cm³/mol.